The van der Waals surface area contributed by atoms with Gasteiger partial charge in [0.1, 0.15) is 0 Å². The first-order valence-electron chi connectivity index (χ1n) is 13.6. The Balaban J connectivity index is 0.00000164. The van der Waals surface area contributed by atoms with Crippen molar-refractivity contribution in [3.63, 3.8) is 0 Å². The first kappa shape index (κ1) is 26.8. The van der Waals surface area contributed by atoms with Crippen LogP contribution in [-0.4, -0.2) is 0 Å². The molecule has 0 heterocycles. The molecule has 0 saturated carbocycles. The smallest absolute Gasteiger partial charge is 0.0463 e. The molecule has 0 spiro atoms. The van der Waals surface area contributed by atoms with Crippen LogP contribution in [0, 0.1) is 13.8 Å². The van der Waals surface area contributed by atoms with Crippen LogP contribution in [0.15, 0.2) is 128 Å². The van der Waals surface area contributed by atoms with Gasteiger partial charge in [0.15, 0.2) is 0 Å². The zero-order valence-electron chi connectivity index (χ0n) is 23.1. The van der Waals surface area contributed by atoms with Crippen molar-refractivity contribution in [2.45, 2.75) is 40.5 Å². The zero-order chi connectivity index (χ0) is 26.9. The second-order valence-corrected chi connectivity index (χ2v) is 9.26. The molecule has 0 aliphatic heterocycles. The van der Waals surface area contributed by atoms with Crippen molar-refractivity contribution < 1.29 is 0 Å². The van der Waals surface area contributed by atoms with Gasteiger partial charge in [0, 0.05) is 34.1 Å². The first-order valence-corrected chi connectivity index (χ1v) is 13.6. The summed E-state index contributed by atoms with van der Waals surface area (Å²) in [4.78, 5) is 4.64. The fourth-order valence-corrected chi connectivity index (χ4v) is 4.56. The van der Waals surface area contributed by atoms with E-state index in [9.17, 15) is 0 Å². The molecule has 0 fully saturated rings. The van der Waals surface area contributed by atoms with E-state index in [1.165, 1.54) is 22.5 Å². The average Bonchev–Trinajstić information content (AvgIpc) is 2.98. The highest BCUT2D eigenvalue weighted by atomic mass is 15.2. The van der Waals surface area contributed by atoms with E-state index in [2.05, 4.69) is 146 Å². The van der Waals surface area contributed by atoms with Crippen LogP contribution in [0.5, 0.6) is 0 Å². The molecule has 0 bridgehead atoms. The molecule has 4 aromatic carbocycles. The minimum absolute atomic E-state index is 1.06. The number of nitrogens with zero attached hydrogens (tertiary/aromatic N) is 2. The maximum Gasteiger partial charge on any atom is 0.0463 e. The zero-order valence-corrected chi connectivity index (χ0v) is 23.1. The molecular weight excluding hydrogens is 460 g/mol. The lowest BCUT2D eigenvalue weighted by molar-refractivity contribution is 0.997. The van der Waals surface area contributed by atoms with Crippen LogP contribution in [0.3, 0.4) is 0 Å². The summed E-state index contributed by atoms with van der Waals surface area (Å²) >= 11 is 0. The summed E-state index contributed by atoms with van der Waals surface area (Å²) in [6.45, 7) is 12.1. The monoisotopic (exact) mass is 498 g/mol. The third-order valence-electron chi connectivity index (χ3n) is 6.57. The number of rotatable bonds is 7. The highest BCUT2D eigenvalue weighted by Gasteiger charge is 2.17. The molecule has 0 aromatic heterocycles. The van der Waals surface area contributed by atoms with Crippen molar-refractivity contribution in [3.8, 4) is 0 Å². The minimum Gasteiger partial charge on any atom is -0.311 e. The molecule has 4 aromatic rings. The van der Waals surface area contributed by atoms with E-state index in [1.807, 2.05) is 19.9 Å². The van der Waals surface area contributed by atoms with Crippen molar-refractivity contribution in [1.82, 2.24) is 0 Å². The predicted molar refractivity (Wildman–Crippen MR) is 167 cm³/mol. The average molecular weight is 499 g/mol. The van der Waals surface area contributed by atoms with Crippen LogP contribution in [0.2, 0.25) is 0 Å². The number of hydrogen-bond acceptors (Lipinski definition) is 2. The molecule has 1 aliphatic carbocycles. The van der Waals surface area contributed by atoms with Gasteiger partial charge in [0.2, 0.25) is 0 Å². The summed E-state index contributed by atoms with van der Waals surface area (Å²) in [5.74, 6) is 0. The van der Waals surface area contributed by atoms with E-state index < -0.39 is 0 Å². The Hall–Kier alpha value is -4.30. The summed E-state index contributed by atoms with van der Waals surface area (Å²) in [5, 5.41) is 0. The van der Waals surface area contributed by atoms with E-state index in [0.29, 0.717) is 0 Å². The molecule has 0 atom stereocenters. The van der Waals surface area contributed by atoms with Crippen LogP contribution in [0.1, 0.15) is 43.4 Å². The van der Waals surface area contributed by atoms with Crippen LogP contribution < -0.4 is 9.80 Å². The molecule has 2 heteroatoms. The van der Waals surface area contributed by atoms with Gasteiger partial charge in [-0.2, -0.15) is 0 Å². The molecule has 0 saturated heterocycles. The molecule has 192 valence electrons. The second kappa shape index (κ2) is 12.8. The normalized spacial score (nSPS) is 12.2. The number of anilines is 5. The number of allylic oxidation sites excluding steroid dienone is 3. The van der Waals surface area contributed by atoms with Crippen molar-refractivity contribution in [3.05, 3.63) is 144 Å². The molecular formula is C36H38N2. The molecule has 1 aliphatic rings. The number of hydrogen-bond donors (Lipinski definition) is 0. The highest BCUT2D eigenvalue weighted by Crippen LogP contribution is 2.38. The summed E-state index contributed by atoms with van der Waals surface area (Å²) in [6, 6.07) is 34.8. The van der Waals surface area contributed by atoms with Crippen molar-refractivity contribution in [2.24, 2.45) is 0 Å². The SMILES string of the molecule is C=Cc1ccc(N(c2ccc(C)cc2)c2ccc(N(C3=CCCC=C3)c3ccc(C)cc3)cc2)cc1.CC. The maximum absolute atomic E-state index is 3.90. The molecule has 0 radical (unpaired) electrons. The van der Waals surface area contributed by atoms with E-state index in [1.54, 1.807) is 0 Å². The fraction of sp³-hybridized carbons (Fsp3) is 0.167. The minimum atomic E-state index is 1.06. The summed E-state index contributed by atoms with van der Waals surface area (Å²) in [6.07, 6.45) is 10.9. The Kier molecular flexibility index (Phi) is 9.00. The van der Waals surface area contributed by atoms with Crippen LogP contribution in [0.4, 0.5) is 28.4 Å². The lowest BCUT2D eigenvalue weighted by Crippen LogP contribution is -2.16. The third kappa shape index (κ3) is 6.15. The Morgan fingerprint density at radius 2 is 0.947 bits per heavy atom. The Morgan fingerprint density at radius 1 is 0.553 bits per heavy atom. The van der Waals surface area contributed by atoms with Gasteiger partial charge in [-0.15, -0.1) is 0 Å². The molecule has 2 nitrogen and oxygen atoms in total. The van der Waals surface area contributed by atoms with Gasteiger partial charge in [0.05, 0.1) is 0 Å². The van der Waals surface area contributed by atoms with Crippen molar-refractivity contribution >= 4 is 34.5 Å². The molecule has 0 unspecified atom stereocenters. The van der Waals surface area contributed by atoms with Crippen molar-refractivity contribution in [2.75, 3.05) is 9.80 Å². The fourth-order valence-electron chi connectivity index (χ4n) is 4.56. The van der Waals surface area contributed by atoms with Crippen LogP contribution in [-0.2, 0) is 0 Å². The Morgan fingerprint density at radius 3 is 1.34 bits per heavy atom. The van der Waals surface area contributed by atoms with Gasteiger partial charge < -0.3 is 9.80 Å². The van der Waals surface area contributed by atoms with E-state index in [4.69, 9.17) is 0 Å². The topological polar surface area (TPSA) is 6.48 Å². The summed E-state index contributed by atoms with van der Waals surface area (Å²) in [7, 11) is 0. The number of aryl methyl sites for hydroxylation is 2. The lowest BCUT2D eigenvalue weighted by Gasteiger charge is -2.29. The van der Waals surface area contributed by atoms with Crippen molar-refractivity contribution in [1.29, 1.82) is 0 Å². The van der Waals surface area contributed by atoms with Gasteiger partial charge in [0.25, 0.3) is 0 Å². The molecule has 0 amide bonds. The third-order valence-corrected chi connectivity index (χ3v) is 6.57. The van der Waals surface area contributed by atoms with Gasteiger partial charge in [-0.05, 0) is 99.0 Å². The van der Waals surface area contributed by atoms with Gasteiger partial charge in [-0.3, -0.25) is 0 Å². The number of benzene rings is 4. The molecule has 38 heavy (non-hydrogen) atoms. The van der Waals surface area contributed by atoms with Crippen LogP contribution >= 0.6 is 0 Å². The van der Waals surface area contributed by atoms with E-state index in [-0.39, 0.29) is 0 Å². The Labute approximate surface area is 228 Å². The maximum atomic E-state index is 3.90. The standard InChI is InChI=1S/C34H32N2.C2H6/c1-4-28-14-20-32(21-15-28)36(31-18-12-27(3)13-19-31)34-24-22-33(23-25-34)35(29-8-6-5-7-9-29)30-16-10-26(2)11-17-30;1-2/h4,6,8-25H,1,5,7H2,2-3H3;1-2H3. The molecule has 5 rings (SSSR count). The van der Waals surface area contributed by atoms with Gasteiger partial charge in [-0.25, -0.2) is 0 Å². The predicted octanol–water partition coefficient (Wildman–Crippen LogP) is 10.8. The lowest BCUT2D eigenvalue weighted by atomic mass is 10.1. The summed E-state index contributed by atoms with van der Waals surface area (Å²) in [5.41, 5.74) is 10.5. The molecule has 0 N–H and O–H groups in total. The quantitative estimate of drug-likeness (QED) is 0.250. The van der Waals surface area contributed by atoms with Crippen LogP contribution in [0.25, 0.3) is 6.08 Å². The van der Waals surface area contributed by atoms with E-state index >= 15 is 0 Å². The summed E-state index contributed by atoms with van der Waals surface area (Å²) < 4.78 is 0. The Bertz CT molecular complexity index is 1370. The van der Waals surface area contributed by atoms with E-state index in [0.717, 1.165) is 41.2 Å². The first-order chi connectivity index (χ1) is 18.6. The largest absolute Gasteiger partial charge is 0.311 e. The highest BCUT2D eigenvalue weighted by molar-refractivity contribution is 5.79. The van der Waals surface area contributed by atoms with Gasteiger partial charge in [-0.1, -0.05) is 86.2 Å². The van der Waals surface area contributed by atoms with Gasteiger partial charge >= 0.3 is 0 Å². The second-order valence-electron chi connectivity index (χ2n) is 9.26.